The van der Waals surface area contributed by atoms with Gasteiger partial charge >= 0.3 is 18.1 Å². The number of ether oxygens (including phenoxy) is 1. The van der Waals surface area contributed by atoms with Gasteiger partial charge < -0.3 is 4.74 Å². The summed E-state index contributed by atoms with van der Waals surface area (Å²) in [5.41, 5.74) is 0.799. The molecule has 0 bridgehead atoms. The van der Waals surface area contributed by atoms with E-state index in [1.165, 1.54) is 12.3 Å². The number of benzene rings is 1. The van der Waals surface area contributed by atoms with Gasteiger partial charge in [-0.1, -0.05) is 28.1 Å². The van der Waals surface area contributed by atoms with E-state index in [1.807, 2.05) is 0 Å². The third-order valence-electron chi connectivity index (χ3n) is 2.58. The Kier molecular flexibility index (Phi) is 5.09. The number of rotatable bonds is 3. The van der Waals surface area contributed by atoms with Crippen molar-refractivity contribution >= 4 is 27.9 Å². The van der Waals surface area contributed by atoms with Crippen LogP contribution in [0.2, 0.25) is 0 Å². The molecule has 0 saturated carbocycles. The summed E-state index contributed by atoms with van der Waals surface area (Å²) in [6.45, 7) is 0. The molecule has 0 aliphatic carbocycles. The average molecular weight is 389 g/mol. The summed E-state index contributed by atoms with van der Waals surface area (Å²) >= 11 is 3.28. The molecule has 9 heteroatoms. The first-order chi connectivity index (χ1) is 10.8. The van der Waals surface area contributed by atoms with Gasteiger partial charge in [0.05, 0.1) is 12.1 Å². The molecule has 0 atom stereocenters. The third kappa shape index (κ3) is 4.85. The van der Waals surface area contributed by atoms with Crippen LogP contribution in [0.5, 0.6) is 0 Å². The molecule has 0 saturated heterocycles. The van der Waals surface area contributed by atoms with E-state index in [-0.39, 0.29) is 5.69 Å². The normalized spacial score (nSPS) is 11.1. The third-order valence-corrected chi connectivity index (χ3v) is 3.11. The lowest BCUT2D eigenvalue weighted by molar-refractivity contribution is -0.201. The predicted octanol–water partition coefficient (Wildman–Crippen LogP) is 3.08. The molecule has 5 nitrogen and oxygen atoms in total. The molecule has 0 aliphatic rings. The van der Waals surface area contributed by atoms with Gasteiger partial charge in [0.25, 0.3) is 0 Å². The Labute approximate surface area is 136 Å². The van der Waals surface area contributed by atoms with Gasteiger partial charge in [-0.2, -0.15) is 13.2 Å². The second-order valence-electron chi connectivity index (χ2n) is 4.31. The van der Waals surface area contributed by atoms with Gasteiger partial charge in [-0.05, 0) is 18.2 Å². The molecular weight excluding hydrogens is 381 g/mol. The summed E-state index contributed by atoms with van der Waals surface area (Å²) in [5, 5.41) is 0. The molecule has 0 radical (unpaired) electrons. The van der Waals surface area contributed by atoms with Crippen LogP contribution in [0, 0.1) is 0 Å². The minimum atomic E-state index is -5.22. The van der Waals surface area contributed by atoms with E-state index in [0.717, 1.165) is 4.47 Å². The van der Waals surface area contributed by atoms with Crippen molar-refractivity contribution in [3.8, 4) is 11.4 Å². The minimum absolute atomic E-state index is 0.137. The second kappa shape index (κ2) is 6.86. The molecule has 0 unspecified atom stereocenters. The van der Waals surface area contributed by atoms with E-state index in [2.05, 4.69) is 30.6 Å². The van der Waals surface area contributed by atoms with Crippen molar-refractivity contribution in [1.29, 1.82) is 0 Å². The van der Waals surface area contributed by atoms with Crippen LogP contribution in [-0.4, -0.2) is 28.1 Å². The largest absolute Gasteiger partial charge is 0.491 e. The summed E-state index contributed by atoms with van der Waals surface area (Å²) in [4.78, 5) is 30.0. The van der Waals surface area contributed by atoms with E-state index in [0.29, 0.717) is 11.4 Å². The Bertz CT molecular complexity index is 733. The molecule has 0 amide bonds. The monoisotopic (exact) mass is 388 g/mol. The maximum Gasteiger partial charge on any atom is 0.491 e. The summed E-state index contributed by atoms with van der Waals surface area (Å²) in [6, 6.07) is 8.34. The van der Waals surface area contributed by atoms with E-state index >= 15 is 0 Å². The average Bonchev–Trinajstić information content (AvgIpc) is 2.47. The molecule has 120 valence electrons. The van der Waals surface area contributed by atoms with Gasteiger partial charge in [-0.15, -0.1) is 0 Å². The fourth-order valence-electron chi connectivity index (χ4n) is 1.58. The molecule has 1 aromatic heterocycles. The van der Waals surface area contributed by atoms with Gasteiger partial charge in [0, 0.05) is 16.2 Å². The van der Waals surface area contributed by atoms with Gasteiger partial charge in [0.1, 0.15) is 0 Å². The Balaban J connectivity index is 2.10. The van der Waals surface area contributed by atoms with Crippen LogP contribution in [-0.2, 0) is 20.7 Å². The van der Waals surface area contributed by atoms with Crippen LogP contribution in [0.15, 0.2) is 41.0 Å². The first-order valence-electron chi connectivity index (χ1n) is 6.15. The highest BCUT2D eigenvalue weighted by molar-refractivity contribution is 9.10. The van der Waals surface area contributed by atoms with E-state index in [1.54, 1.807) is 24.3 Å². The molecule has 2 rings (SSSR count). The first-order valence-corrected chi connectivity index (χ1v) is 6.94. The Morgan fingerprint density at radius 2 is 1.78 bits per heavy atom. The lowest BCUT2D eigenvalue weighted by Gasteiger charge is -2.06. The van der Waals surface area contributed by atoms with Crippen molar-refractivity contribution in [2.45, 2.75) is 12.6 Å². The van der Waals surface area contributed by atoms with Crippen LogP contribution >= 0.6 is 15.9 Å². The zero-order chi connectivity index (χ0) is 17.0. The van der Waals surface area contributed by atoms with Crippen LogP contribution in [0.25, 0.3) is 11.4 Å². The maximum absolute atomic E-state index is 12.0. The SMILES string of the molecule is O=C(Cc1ccnc(-c2ccc(Br)cc2)n1)OC(=O)C(F)(F)F. The van der Waals surface area contributed by atoms with E-state index < -0.39 is 24.5 Å². The molecule has 2 aromatic rings. The minimum Gasteiger partial charge on any atom is -0.386 e. The molecule has 0 fully saturated rings. The lowest BCUT2D eigenvalue weighted by Crippen LogP contribution is -2.28. The number of esters is 2. The van der Waals surface area contributed by atoms with Gasteiger partial charge in [-0.25, -0.2) is 14.8 Å². The molecule has 23 heavy (non-hydrogen) atoms. The number of carbonyl (C=O) groups excluding carboxylic acids is 2. The molecule has 1 heterocycles. The number of hydrogen-bond acceptors (Lipinski definition) is 5. The number of hydrogen-bond donors (Lipinski definition) is 0. The molecular formula is C14H8BrF3N2O3. The highest BCUT2D eigenvalue weighted by atomic mass is 79.9. The number of halogens is 4. The standard InChI is InChI=1S/C14H8BrF3N2O3/c15-9-3-1-8(2-4-9)12-19-6-5-10(20-12)7-11(21)23-13(22)14(16,17)18/h1-6H,7H2. The van der Waals surface area contributed by atoms with Gasteiger partial charge in [0.2, 0.25) is 0 Å². The Morgan fingerprint density at radius 3 is 2.39 bits per heavy atom. The van der Waals surface area contributed by atoms with E-state index in [4.69, 9.17) is 0 Å². The smallest absolute Gasteiger partial charge is 0.386 e. The number of carbonyl (C=O) groups is 2. The number of nitrogens with zero attached hydrogens (tertiary/aromatic N) is 2. The van der Waals surface area contributed by atoms with E-state index in [9.17, 15) is 22.8 Å². The highest BCUT2D eigenvalue weighted by Gasteiger charge is 2.42. The number of aromatic nitrogens is 2. The van der Waals surface area contributed by atoms with Gasteiger partial charge in [0.15, 0.2) is 5.82 Å². The van der Waals surface area contributed by atoms with Crippen LogP contribution in [0.3, 0.4) is 0 Å². The quantitative estimate of drug-likeness (QED) is 0.596. The topological polar surface area (TPSA) is 69.2 Å². The summed E-state index contributed by atoms with van der Waals surface area (Å²) in [6.07, 6.45) is -4.43. The second-order valence-corrected chi connectivity index (χ2v) is 5.23. The highest BCUT2D eigenvalue weighted by Crippen LogP contribution is 2.19. The molecule has 0 spiro atoms. The Hall–Kier alpha value is -2.29. The van der Waals surface area contributed by atoms with Crippen molar-refractivity contribution in [1.82, 2.24) is 9.97 Å². The summed E-state index contributed by atoms with van der Waals surface area (Å²) in [5.74, 6) is -3.59. The zero-order valence-corrected chi connectivity index (χ0v) is 12.9. The van der Waals surface area contributed by atoms with Crippen molar-refractivity contribution in [2.24, 2.45) is 0 Å². The predicted molar refractivity (Wildman–Crippen MR) is 76.0 cm³/mol. The number of alkyl halides is 3. The van der Waals surface area contributed by atoms with Crippen molar-refractivity contribution in [3.05, 3.63) is 46.7 Å². The Morgan fingerprint density at radius 1 is 1.13 bits per heavy atom. The van der Waals surface area contributed by atoms with Crippen molar-refractivity contribution in [2.75, 3.05) is 0 Å². The molecule has 0 aliphatic heterocycles. The van der Waals surface area contributed by atoms with Crippen LogP contribution < -0.4 is 0 Å². The first kappa shape index (κ1) is 17.1. The lowest BCUT2D eigenvalue weighted by atomic mass is 10.2. The fourth-order valence-corrected chi connectivity index (χ4v) is 1.84. The fraction of sp³-hybridized carbons (Fsp3) is 0.143. The van der Waals surface area contributed by atoms with Crippen molar-refractivity contribution in [3.63, 3.8) is 0 Å². The summed E-state index contributed by atoms with van der Waals surface area (Å²) < 4.78 is 40.6. The van der Waals surface area contributed by atoms with Crippen LogP contribution in [0.4, 0.5) is 13.2 Å². The molecule has 0 N–H and O–H groups in total. The van der Waals surface area contributed by atoms with Crippen molar-refractivity contribution < 1.29 is 27.5 Å². The zero-order valence-electron chi connectivity index (χ0n) is 11.3. The maximum atomic E-state index is 12.0. The molecule has 1 aromatic carbocycles. The van der Waals surface area contributed by atoms with Crippen LogP contribution in [0.1, 0.15) is 5.69 Å². The summed E-state index contributed by atoms with van der Waals surface area (Å²) in [7, 11) is 0. The van der Waals surface area contributed by atoms with Gasteiger partial charge in [-0.3, -0.25) is 4.79 Å².